The zero-order valence-electron chi connectivity index (χ0n) is 16.5. The van der Waals surface area contributed by atoms with Crippen LogP contribution in [0.25, 0.3) is 0 Å². The first-order valence-electron chi connectivity index (χ1n) is 9.50. The number of hydrogen-bond donors (Lipinski definition) is 1. The van der Waals surface area contributed by atoms with Crippen LogP contribution in [0.2, 0.25) is 20.1 Å². The van der Waals surface area contributed by atoms with Crippen LogP contribution in [0.4, 0.5) is 11.4 Å². The fourth-order valence-corrected chi connectivity index (χ4v) is 4.53. The molecule has 0 aliphatic carbocycles. The van der Waals surface area contributed by atoms with E-state index in [9.17, 15) is 14.4 Å². The molecular formula is C23H14Cl4N2O3. The van der Waals surface area contributed by atoms with Gasteiger partial charge < -0.3 is 5.32 Å². The number of imide groups is 1. The summed E-state index contributed by atoms with van der Waals surface area (Å²) in [4.78, 5) is 39.9. The molecule has 162 valence electrons. The number of rotatable bonds is 4. The second-order valence-electron chi connectivity index (χ2n) is 6.97. The Bertz CT molecular complexity index is 1260. The van der Waals surface area contributed by atoms with E-state index in [0.29, 0.717) is 5.69 Å². The van der Waals surface area contributed by atoms with Gasteiger partial charge in [0.15, 0.2) is 0 Å². The van der Waals surface area contributed by atoms with Crippen LogP contribution in [0.15, 0.2) is 48.5 Å². The predicted molar refractivity (Wildman–Crippen MR) is 128 cm³/mol. The minimum Gasteiger partial charge on any atom is -0.322 e. The van der Waals surface area contributed by atoms with Gasteiger partial charge in [-0.3, -0.25) is 14.4 Å². The number of fused-ring (bicyclic) bond motifs is 1. The van der Waals surface area contributed by atoms with Crippen molar-refractivity contribution in [1.29, 1.82) is 0 Å². The lowest BCUT2D eigenvalue weighted by molar-refractivity contribution is 0.0924. The van der Waals surface area contributed by atoms with Crippen LogP contribution < -0.4 is 10.2 Å². The van der Waals surface area contributed by atoms with Gasteiger partial charge in [-0.05, 0) is 36.2 Å². The number of carbonyl (C=O) groups excluding carboxylic acids is 3. The van der Waals surface area contributed by atoms with Crippen LogP contribution in [0.3, 0.4) is 0 Å². The summed E-state index contributed by atoms with van der Waals surface area (Å²) in [5.74, 6) is -1.79. The Morgan fingerprint density at radius 3 is 2.03 bits per heavy atom. The van der Waals surface area contributed by atoms with Crippen molar-refractivity contribution in [2.24, 2.45) is 0 Å². The Morgan fingerprint density at radius 1 is 0.844 bits per heavy atom. The number of benzene rings is 3. The van der Waals surface area contributed by atoms with Crippen LogP contribution >= 0.6 is 46.4 Å². The zero-order valence-corrected chi connectivity index (χ0v) is 19.5. The number of para-hydroxylation sites is 1. The Labute approximate surface area is 203 Å². The minimum absolute atomic E-state index is 0.109. The van der Waals surface area contributed by atoms with Gasteiger partial charge in [0.05, 0.1) is 36.9 Å². The van der Waals surface area contributed by atoms with E-state index < -0.39 is 11.8 Å². The van der Waals surface area contributed by atoms with E-state index in [1.807, 2.05) is 31.2 Å². The van der Waals surface area contributed by atoms with Crippen LogP contribution in [0.5, 0.6) is 0 Å². The van der Waals surface area contributed by atoms with Gasteiger partial charge in [0, 0.05) is 11.3 Å². The molecule has 1 N–H and O–H groups in total. The van der Waals surface area contributed by atoms with Crippen molar-refractivity contribution in [3.8, 4) is 0 Å². The van der Waals surface area contributed by atoms with E-state index in [1.165, 1.54) is 12.1 Å². The first kappa shape index (κ1) is 22.6. The molecule has 0 atom stereocenters. The Kier molecular flexibility index (Phi) is 6.19. The number of nitrogens with one attached hydrogen (secondary N) is 1. The van der Waals surface area contributed by atoms with Gasteiger partial charge in [-0.15, -0.1) is 0 Å². The molecule has 0 aromatic heterocycles. The number of nitrogens with zero attached hydrogens (tertiary/aromatic N) is 1. The molecule has 0 saturated heterocycles. The molecule has 0 unspecified atom stereocenters. The van der Waals surface area contributed by atoms with E-state index in [0.717, 1.165) is 16.9 Å². The molecule has 5 nitrogen and oxygen atoms in total. The summed E-state index contributed by atoms with van der Waals surface area (Å²) in [5, 5.41) is 2.34. The molecule has 0 bridgehead atoms. The van der Waals surface area contributed by atoms with Crippen molar-refractivity contribution in [2.45, 2.75) is 13.3 Å². The van der Waals surface area contributed by atoms with Crippen LogP contribution in [-0.4, -0.2) is 17.7 Å². The summed E-state index contributed by atoms with van der Waals surface area (Å²) in [7, 11) is 0. The number of anilines is 2. The van der Waals surface area contributed by atoms with Crippen LogP contribution in [0.1, 0.15) is 43.6 Å². The third-order valence-corrected chi connectivity index (χ3v) is 6.92. The van der Waals surface area contributed by atoms with Gasteiger partial charge >= 0.3 is 0 Å². The maximum Gasteiger partial charge on any atom is 0.267 e. The fourth-order valence-electron chi connectivity index (χ4n) is 3.51. The van der Waals surface area contributed by atoms with E-state index in [1.54, 1.807) is 12.1 Å². The predicted octanol–water partition coefficient (Wildman–Crippen LogP) is 6.92. The Balaban J connectivity index is 1.70. The van der Waals surface area contributed by atoms with Crippen LogP contribution in [-0.2, 0) is 6.42 Å². The van der Waals surface area contributed by atoms with E-state index >= 15 is 0 Å². The molecule has 1 aliphatic heterocycles. The van der Waals surface area contributed by atoms with Gasteiger partial charge in [0.2, 0.25) is 0 Å². The molecule has 3 aromatic rings. The van der Waals surface area contributed by atoms with Gasteiger partial charge in [-0.25, -0.2) is 4.90 Å². The summed E-state index contributed by atoms with van der Waals surface area (Å²) in [5.41, 5.74) is 1.88. The van der Waals surface area contributed by atoms with Crippen molar-refractivity contribution in [3.63, 3.8) is 0 Å². The summed E-state index contributed by atoms with van der Waals surface area (Å²) in [6.07, 6.45) is 0.748. The maximum absolute atomic E-state index is 13.1. The molecule has 1 aliphatic rings. The monoisotopic (exact) mass is 506 g/mol. The first-order chi connectivity index (χ1) is 15.3. The smallest absolute Gasteiger partial charge is 0.267 e. The van der Waals surface area contributed by atoms with Gasteiger partial charge in [-0.1, -0.05) is 77.6 Å². The third-order valence-electron chi connectivity index (χ3n) is 5.11. The highest BCUT2D eigenvalue weighted by Gasteiger charge is 2.42. The highest BCUT2D eigenvalue weighted by molar-refractivity contribution is 6.56. The highest BCUT2D eigenvalue weighted by Crippen LogP contribution is 2.45. The molecular weight excluding hydrogens is 494 g/mol. The number of amides is 3. The normalized spacial score (nSPS) is 12.8. The second kappa shape index (κ2) is 8.75. The average Bonchev–Trinajstić information content (AvgIpc) is 3.06. The van der Waals surface area contributed by atoms with Crippen molar-refractivity contribution < 1.29 is 14.4 Å². The van der Waals surface area contributed by atoms with Gasteiger partial charge in [-0.2, -0.15) is 0 Å². The molecule has 3 aromatic carbocycles. The van der Waals surface area contributed by atoms with Crippen molar-refractivity contribution >= 4 is 75.5 Å². The highest BCUT2D eigenvalue weighted by atomic mass is 35.5. The molecule has 1 heterocycles. The summed E-state index contributed by atoms with van der Waals surface area (Å²) >= 11 is 24.5. The molecule has 0 saturated carbocycles. The standard InChI is InChI=1S/C23H14Cl4N2O3/c1-2-11-6-3-4-9-14(11)28-21(30)12-7-5-8-13(10-12)29-22(31)15-16(23(29)32)18(25)20(27)19(26)17(15)24/h3-10H,2H2,1H3,(H,28,30). The quantitative estimate of drug-likeness (QED) is 0.237. The average molecular weight is 508 g/mol. The Hall–Kier alpha value is -2.57. The summed E-state index contributed by atoms with van der Waals surface area (Å²) < 4.78 is 0. The molecule has 3 amide bonds. The molecule has 0 fully saturated rings. The molecule has 0 spiro atoms. The maximum atomic E-state index is 13.1. The fraction of sp³-hybridized carbons (Fsp3) is 0.0870. The SMILES string of the molecule is CCc1ccccc1NC(=O)c1cccc(N2C(=O)c3c(Cl)c(Cl)c(Cl)c(Cl)c3C2=O)c1. The number of hydrogen-bond acceptors (Lipinski definition) is 3. The molecule has 9 heteroatoms. The van der Waals surface area contributed by atoms with E-state index in [2.05, 4.69) is 5.32 Å². The zero-order chi connectivity index (χ0) is 23.2. The lowest BCUT2D eigenvalue weighted by Crippen LogP contribution is -2.29. The molecule has 32 heavy (non-hydrogen) atoms. The van der Waals surface area contributed by atoms with Gasteiger partial charge in [0.25, 0.3) is 17.7 Å². The largest absolute Gasteiger partial charge is 0.322 e. The van der Waals surface area contributed by atoms with Gasteiger partial charge in [0.1, 0.15) is 0 Å². The molecule has 0 radical (unpaired) electrons. The second-order valence-corrected chi connectivity index (χ2v) is 8.48. The van der Waals surface area contributed by atoms with Crippen molar-refractivity contribution in [1.82, 2.24) is 0 Å². The summed E-state index contributed by atoms with van der Waals surface area (Å²) in [6.45, 7) is 1.99. The summed E-state index contributed by atoms with van der Waals surface area (Å²) in [6, 6.07) is 13.6. The Morgan fingerprint density at radius 2 is 1.44 bits per heavy atom. The lowest BCUT2D eigenvalue weighted by atomic mass is 10.1. The topological polar surface area (TPSA) is 66.5 Å². The van der Waals surface area contributed by atoms with Crippen molar-refractivity contribution in [2.75, 3.05) is 10.2 Å². The van der Waals surface area contributed by atoms with Crippen LogP contribution in [0, 0.1) is 0 Å². The number of halogens is 4. The number of carbonyl (C=O) groups is 3. The lowest BCUT2D eigenvalue weighted by Gasteiger charge is -2.15. The van der Waals surface area contributed by atoms with Crippen molar-refractivity contribution in [3.05, 3.63) is 90.9 Å². The first-order valence-corrected chi connectivity index (χ1v) is 11.0. The van der Waals surface area contributed by atoms with E-state index in [-0.39, 0.29) is 48.4 Å². The van der Waals surface area contributed by atoms with E-state index in [4.69, 9.17) is 46.4 Å². The third kappa shape index (κ3) is 3.65. The number of aryl methyl sites for hydroxylation is 1. The minimum atomic E-state index is -0.704. The molecule has 4 rings (SSSR count).